The molecule has 0 saturated carbocycles. The van der Waals surface area contributed by atoms with Crippen molar-refractivity contribution in [1.82, 2.24) is 14.8 Å². The van der Waals surface area contributed by atoms with Crippen molar-refractivity contribution in [2.24, 2.45) is 0 Å². The molecule has 1 aromatic carbocycles. The van der Waals surface area contributed by atoms with Gasteiger partial charge in [0.05, 0.1) is 25.1 Å². The summed E-state index contributed by atoms with van der Waals surface area (Å²) in [6.45, 7) is 11.1. The van der Waals surface area contributed by atoms with Crippen LogP contribution in [0.2, 0.25) is 0 Å². The molecule has 0 unspecified atom stereocenters. The number of benzene rings is 1. The average Bonchev–Trinajstić information content (AvgIpc) is 3.00. The lowest BCUT2D eigenvalue weighted by atomic mass is 10.1. The molecule has 0 atom stereocenters. The fourth-order valence-corrected chi connectivity index (χ4v) is 4.56. The highest BCUT2D eigenvalue weighted by molar-refractivity contribution is 5.99. The van der Waals surface area contributed by atoms with Crippen molar-refractivity contribution >= 4 is 16.6 Å². The zero-order valence-electron chi connectivity index (χ0n) is 18.1. The van der Waals surface area contributed by atoms with Crippen molar-refractivity contribution in [3.8, 4) is 17.2 Å². The highest BCUT2D eigenvalue weighted by Gasteiger charge is 2.24. The molecule has 4 rings (SSSR count). The Morgan fingerprint density at radius 3 is 2.38 bits per heavy atom. The van der Waals surface area contributed by atoms with Crippen LogP contribution in [0.25, 0.3) is 16.5 Å². The smallest absolute Gasteiger partial charge is 0.161 e. The minimum atomic E-state index is 0.629. The Balaban J connectivity index is 1.94. The highest BCUT2D eigenvalue weighted by Crippen LogP contribution is 2.39. The van der Waals surface area contributed by atoms with Crippen LogP contribution in [0.1, 0.15) is 43.3 Å². The van der Waals surface area contributed by atoms with Gasteiger partial charge in [-0.15, -0.1) is 5.10 Å². The van der Waals surface area contributed by atoms with Gasteiger partial charge in [0.1, 0.15) is 11.5 Å². The fourth-order valence-electron chi connectivity index (χ4n) is 4.56. The molecule has 0 radical (unpaired) electrons. The minimum absolute atomic E-state index is 0.629. The first kappa shape index (κ1) is 19.6. The molecule has 0 N–H and O–H groups in total. The summed E-state index contributed by atoms with van der Waals surface area (Å²) in [6.07, 6.45) is 3.71. The van der Waals surface area contributed by atoms with E-state index in [0.717, 1.165) is 47.5 Å². The predicted octanol–water partition coefficient (Wildman–Crippen LogP) is 4.74. The SMILES string of the molecule is CCOc1ccc(-n2c(C)c3c(C)nnc(N4CCCCC4)c3c2C)c(OC)c1. The molecule has 3 heterocycles. The number of piperidine rings is 1. The standard InChI is InChI=1S/C23H30N4O2/c1-6-29-18-10-11-19(20(14-18)28-5)27-16(3)21-15(2)24-25-23(22(21)17(27)4)26-12-8-7-9-13-26/h10-11,14H,6-9,12-13H2,1-5H3. The van der Waals surface area contributed by atoms with Crippen LogP contribution in [0, 0.1) is 20.8 Å². The highest BCUT2D eigenvalue weighted by atomic mass is 16.5. The summed E-state index contributed by atoms with van der Waals surface area (Å²) in [4.78, 5) is 2.39. The number of aromatic nitrogens is 3. The Bertz CT molecular complexity index is 1040. The van der Waals surface area contributed by atoms with Gasteiger partial charge >= 0.3 is 0 Å². The van der Waals surface area contributed by atoms with Crippen LogP contribution in [0.15, 0.2) is 18.2 Å². The Morgan fingerprint density at radius 2 is 1.69 bits per heavy atom. The van der Waals surface area contributed by atoms with E-state index >= 15 is 0 Å². The molecule has 3 aromatic rings. The lowest BCUT2D eigenvalue weighted by molar-refractivity contribution is 0.336. The Kier molecular flexibility index (Phi) is 5.35. The van der Waals surface area contributed by atoms with Crippen LogP contribution in [0.4, 0.5) is 5.82 Å². The van der Waals surface area contributed by atoms with Crippen molar-refractivity contribution in [2.45, 2.75) is 47.0 Å². The van der Waals surface area contributed by atoms with Gasteiger partial charge in [-0.3, -0.25) is 0 Å². The van der Waals surface area contributed by atoms with E-state index in [1.165, 1.54) is 35.7 Å². The lowest BCUT2D eigenvalue weighted by Gasteiger charge is -2.28. The lowest BCUT2D eigenvalue weighted by Crippen LogP contribution is -2.30. The zero-order valence-corrected chi connectivity index (χ0v) is 18.1. The van der Waals surface area contributed by atoms with Crippen molar-refractivity contribution in [1.29, 1.82) is 0 Å². The van der Waals surface area contributed by atoms with Gasteiger partial charge < -0.3 is 18.9 Å². The van der Waals surface area contributed by atoms with E-state index in [0.29, 0.717) is 6.61 Å². The molecule has 0 spiro atoms. The Hall–Kier alpha value is -2.76. The van der Waals surface area contributed by atoms with Gasteiger partial charge in [-0.2, -0.15) is 5.10 Å². The molecule has 6 heteroatoms. The van der Waals surface area contributed by atoms with Gasteiger partial charge in [-0.1, -0.05) is 0 Å². The maximum atomic E-state index is 5.73. The number of fused-ring (bicyclic) bond motifs is 1. The second kappa shape index (κ2) is 7.93. The molecule has 154 valence electrons. The molecule has 1 fully saturated rings. The van der Waals surface area contributed by atoms with E-state index in [9.17, 15) is 0 Å². The first-order valence-electron chi connectivity index (χ1n) is 10.5. The van der Waals surface area contributed by atoms with Gasteiger partial charge in [0.15, 0.2) is 5.82 Å². The van der Waals surface area contributed by atoms with E-state index < -0.39 is 0 Å². The van der Waals surface area contributed by atoms with Crippen molar-refractivity contribution in [3.63, 3.8) is 0 Å². The van der Waals surface area contributed by atoms with E-state index in [1.54, 1.807) is 7.11 Å². The summed E-state index contributed by atoms with van der Waals surface area (Å²) in [7, 11) is 1.70. The molecule has 29 heavy (non-hydrogen) atoms. The summed E-state index contributed by atoms with van der Waals surface area (Å²) >= 11 is 0. The third-order valence-corrected chi connectivity index (χ3v) is 5.88. The first-order valence-corrected chi connectivity index (χ1v) is 10.5. The summed E-state index contributed by atoms with van der Waals surface area (Å²) in [6, 6.07) is 6.02. The number of methoxy groups -OCH3 is 1. The Labute approximate surface area is 172 Å². The number of nitrogens with zero attached hydrogens (tertiary/aromatic N) is 4. The molecular formula is C23H30N4O2. The van der Waals surface area contributed by atoms with E-state index in [1.807, 2.05) is 26.0 Å². The quantitative estimate of drug-likeness (QED) is 0.625. The van der Waals surface area contributed by atoms with Crippen molar-refractivity contribution in [3.05, 3.63) is 35.3 Å². The summed E-state index contributed by atoms with van der Waals surface area (Å²) in [5, 5.41) is 11.5. The third kappa shape index (κ3) is 3.30. The van der Waals surface area contributed by atoms with Gasteiger partial charge in [-0.25, -0.2) is 0 Å². The van der Waals surface area contributed by atoms with Gasteiger partial charge in [0, 0.05) is 41.3 Å². The molecule has 1 aliphatic rings. The summed E-state index contributed by atoms with van der Waals surface area (Å²) in [5.74, 6) is 2.61. The molecule has 1 saturated heterocycles. The summed E-state index contributed by atoms with van der Waals surface area (Å²) < 4.78 is 13.7. The monoisotopic (exact) mass is 394 g/mol. The molecule has 2 aromatic heterocycles. The first-order chi connectivity index (χ1) is 14.1. The fraction of sp³-hybridized carbons (Fsp3) is 0.478. The molecule has 1 aliphatic heterocycles. The molecular weight excluding hydrogens is 364 g/mol. The van der Waals surface area contributed by atoms with Crippen LogP contribution < -0.4 is 14.4 Å². The summed E-state index contributed by atoms with van der Waals surface area (Å²) in [5.41, 5.74) is 4.29. The van der Waals surface area contributed by atoms with Gasteiger partial charge in [0.25, 0.3) is 0 Å². The molecule has 6 nitrogen and oxygen atoms in total. The van der Waals surface area contributed by atoms with E-state index in [4.69, 9.17) is 9.47 Å². The second-order valence-electron chi connectivity index (χ2n) is 7.68. The van der Waals surface area contributed by atoms with Crippen LogP contribution in [0.5, 0.6) is 11.5 Å². The van der Waals surface area contributed by atoms with E-state index in [-0.39, 0.29) is 0 Å². The van der Waals surface area contributed by atoms with Gasteiger partial charge in [-0.05, 0) is 59.1 Å². The second-order valence-corrected chi connectivity index (χ2v) is 7.68. The van der Waals surface area contributed by atoms with E-state index in [2.05, 4.69) is 39.6 Å². The van der Waals surface area contributed by atoms with Crippen molar-refractivity contribution < 1.29 is 9.47 Å². The van der Waals surface area contributed by atoms with Gasteiger partial charge in [0.2, 0.25) is 0 Å². The molecule has 0 bridgehead atoms. The largest absolute Gasteiger partial charge is 0.494 e. The molecule has 0 amide bonds. The van der Waals surface area contributed by atoms with Crippen LogP contribution >= 0.6 is 0 Å². The number of rotatable bonds is 5. The minimum Gasteiger partial charge on any atom is -0.494 e. The van der Waals surface area contributed by atoms with Crippen LogP contribution in [-0.4, -0.2) is 41.6 Å². The number of anilines is 1. The average molecular weight is 395 g/mol. The molecule has 0 aliphatic carbocycles. The number of ether oxygens (including phenoxy) is 2. The zero-order chi connectivity index (χ0) is 20.5. The van der Waals surface area contributed by atoms with Crippen LogP contribution in [-0.2, 0) is 0 Å². The topological polar surface area (TPSA) is 52.4 Å². The third-order valence-electron chi connectivity index (χ3n) is 5.88. The maximum absolute atomic E-state index is 5.73. The number of hydrogen-bond donors (Lipinski definition) is 0. The number of hydrogen-bond acceptors (Lipinski definition) is 5. The number of aryl methyl sites for hydroxylation is 3. The Morgan fingerprint density at radius 1 is 0.966 bits per heavy atom. The predicted molar refractivity (Wildman–Crippen MR) is 117 cm³/mol. The maximum Gasteiger partial charge on any atom is 0.161 e. The van der Waals surface area contributed by atoms with Crippen LogP contribution in [0.3, 0.4) is 0 Å². The normalized spacial score (nSPS) is 14.4. The van der Waals surface area contributed by atoms with Crippen molar-refractivity contribution in [2.75, 3.05) is 31.7 Å².